The summed E-state index contributed by atoms with van der Waals surface area (Å²) < 4.78 is 27.4. The number of piperidine rings is 1. The van der Waals surface area contributed by atoms with Gasteiger partial charge in [0.25, 0.3) is 0 Å². The van der Waals surface area contributed by atoms with Gasteiger partial charge in [-0.2, -0.15) is 0 Å². The van der Waals surface area contributed by atoms with Crippen molar-refractivity contribution in [2.24, 2.45) is 5.92 Å². The van der Waals surface area contributed by atoms with E-state index in [-0.39, 0.29) is 43.9 Å². The Morgan fingerprint density at radius 2 is 1.79 bits per heavy atom. The largest absolute Gasteiger partial charge is 0.469 e. The van der Waals surface area contributed by atoms with Gasteiger partial charge in [-0.15, -0.1) is 5.10 Å². The number of carbonyl (C=O) groups is 2. The van der Waals surface area contributed by atoms with E-state index >= 15 is 4.39 Å². The van der Waals surface area contributed by atoms with E-state index in [1.807, 2.05) is 20.8 Å². The highest BCUT2D eigenvalue weighted by Gasteiger charge is 2.41. The van der Waals surface area contributed by atoms with Crippen LogP contribution >= 0.6 is 0 Å². The van der Waals surface area contributed by atoms with Gasteiger partial charge in [0.15, 0.2) is 5.67 Å². The van der Waals surface area contributed by atoms with Crippen molar-refractivity contribution < 1.29 is 23.5 Å². The molecule has 0 radical (unpaired) electrons. The molecule has 0 aromatic carbocycles. The minimum Gasteiger partial charge on any atom is -0.469 e. The maximum Gasteiger partial charge on any atom is 0.410 e. The fourth-order valence-electron chi connectivity index (χ4n) is 4.03. The molecule has 0 unspecified atom stereocenters. The molecule has 1 aromatic rings. The van der Waals surface area contributed by atoms with E-state index in [1.54, 1.807) is 15.8 Å². The Bertz CT molecular complexity index is 729. The summed E-state index contributed by atoms with van der Waals surface area (Å²) in [4.78, 5) is 25.4. The molecule has 9 heteroatoms. The molecule has 0 N–H and O–H groups in total. The second kappa shape index (κ2) is 8.28. The fraction of sp³-hybridized carbons (Fsp3) is 0.800. The Hall–Kier alpha value is -2.19. The molecule has 162 valence electrons. The average molecular weight is 410 g/mol. The number of halogens is 1. The minimum atomic E-state index is -1.60. The van der Waals surface area contributed by atoms with Crippen LogP contribution < -0.4 is 0 Å². The number of hydrogen-bond acceptors (Lipinski definition) is 6. The van der Waals surface area contributed by atoms with Gasteiger partial charge in [0.1, 0.15) is 11.3 Å². The number of ether oxygens (including phenoxy) is 2. The first-order valence-electron chi connectivity index (χ1n) is 10.3. The second-order valence-electron chi connectivity index (χ2n) is 9.05. The quantitative estimate of drug-likeness (QED) is 0.710. The number of amides is 1. The van der Waals surface area contributed by atoms with Crippen LogP contribution in [0.4, 0.5) is 9.18 Å². The molecular formula is C20H31FN4O4. The Kier molecular flexibility index (Phi) is 6.14. The number of aromatic nitrogens is 3. The summed E-state index contributed by atoms with van der Waals surface area (Å²) in [5, 5.41) is 8.26. The third-order valence-corrected chi connectivity index (χ3v) is 5.78. The highest BCUT2D eigenvalue weighted by molar-refractivity contribution is 5.72. The number of rotatable bonds is 3. The van der Waals surface area contributed by atoms with E-state index in [4.69, 9.17) is 9.47 Å². The summed E-state index contributed by atoms with van der Waals surface area (Å²) >= 11 is 0. The zero-order chi connectivity index (χ0) is 21.2. The van der Waals surface area contributed by atoms with E-state index < -0.39 is 17.4 Å². The van der Waals surface area contributed by atoms with E-state index in [2.05, 4.69) is 10.3 Å². The number of methoxy groups -OCH3 is 1. The zero-order valence-corrected chi connectivity index (χ0v) is 17.7. The number of likely N-dealkylation sites (tertiary alicyclic amines) is 1. The first-order chi connectivity index (χ1) is 13.6. The molecule has 3 rings (SSSR count). The van der Waals surface area contributed by atoms with Crippen LogP contribution in [0.25, 0.3) is 0 Å². The maximum absolute atomic E-state index is 15.5. The molecule has 0 spiro atoms. The Labute approximate surface area is 170 Å². The number of esters is 1. The van der Waals surface area contributed by atoms with Gasteiger partial charge in [-0.3, -0.25) is 4.79 Å². The Morgan fingerprint density at radius 1 is 1.17 bits per heavy atom. The van der Waals surface area contributed by atoms with Gasteiger partial charge in [-0.05, 0) is 46.5 Å². The average Bonchev–Trinajstić information content (AvgIpc) is 3.18. The molecule has 1 saturated heterocycles. The normalized spacial score (nSPS) is 24.8. The summed E-state index contributed by atoms with van der Waals surface area (Å²) in [6, 6.07) is 0.114. The molecule has 0 atom stereocenters. The molecule has 1 saturated carbocycles. The summed E-state index contributed by atoms with van der Waals surface area (Å²) in [6.45, 7) is 5.99. The van der Waals surface area contributed by atoms with Gasteiger partial charge in [-0.1, -0.05) is 5.21 Å². The lowest BCUT2D eigenvalue weighted by Gasteiger charge is -2.36. The molecule has 0 bridgehead atoms. The highest BCUT2D eigenvalue weighted by Crippen LogP contribution is 2.38. The van der Waals surface area contributed by atoms with Crippen LogP contribution in [-0.4, -0.2) is 57.8 Å². The van der Waals surface area contributed by atoms with Crippen molar-refractivity contribution in [3.8, 4) is 0 Å². The molecular weight excluding hydrogens is 379 g/mol. The molecule has 1 aliphatic heterocycles. The van der Waals surface area contributed by atoms with Crippen LogP contribution in [0.15, 0.2) is 6.20 Å². The zero-order valence-electron chi connectivity index (χ0n) is 17.7. The third kappa shape index (κ3) is 5.05. The summed E-state index contributed by atoms with van der Waals surface area (Å²) in [6.07, 6.45) is 4.65. The third-order valence-electron chi connectivity index (χ3n) is 5.78. The SMILES string of the molecule is COC(=O)[C@H]1CC[C@H](n2cc(C3(F)CCN(C(=O)OC(C)(C)C)CC3)nn2)CC1. The van der Waals surface area contributed by atoms with Gasteiger partial charge in [0.05, 0.1) is 25.3 Å². The fourth-order valence-corrected chi connectivity index (χ4v) is 4.03. The van der Waals surface area contributed by atoms with Crippen LogP contribution in [0, 0.1) is 5.92 Å². The molecule has 1 aliphatic carbocycles. The number of nitrogens with zero attached hydrogens (tertiary/aromatic N) is 4. The van der Waals surface area contributed by atoms with Crippen molar-refractivity contribution in [2.45, 2.75) is 76.6 Å². The first kappa shape index (κ1) is 21.5. The van der Waals surface area contributed by atoms with Crippen molar-refractivity contribution in [2.75, 3.05) is 20.2 Å². The first-order valence-corrected chi connectivity index (χ1v) is 10.3. The van der Waals surface area contributed by atoms with E-state index in [1.165, 1.54) is 7.11 Å². The maximum atomic E-state index is 15.5. The standard InChI is InChI=1S/C20H31FN4O4/c1-19(2,3)29-18(27)24-11-9-20(21,10-12-24)16-13-25(23-22-16)15-7-5-14(6-8-15)17(26)28-4/h13-15H,5-12H2,1-4H3/t14-,15-. The van der Waals surface area contributed by atoms with Crippen molar-refractivity contribution in [3.63, 3.8) is 0 Å². The second-order valence-corrected chi connectivity index (χ2v) is 9.05. The molecule has 2 heterocycles. The van der Waals surface area contributed by atoms with Gasteiger partial charge >= 0.3 is 12.1 Å². The molecule has 2 aliphatic rings. The number of hydrogen-bond donors (Lipinski definition) is 0. The lowest BCUT2D eigenvalue weighted by atomic mass is 9.86. The predicted octanol–water partition coefficient (Wildman–Crippen LogP) is 3.38. The van der Waals surface area contributed by atoms with Crippen molar-refractivity contribution in [1.29, 1.82) is 0 Å². The van der Waals surface area contributed by atoms with Crippen molar-refractivity contribution in [1.82, 2.24) is 19.9 Å². The lowest BCUT2D eigenvalue weighted by molar-refractivity contribution is -0.146. The molecule has 8 nitrogen and oxygen atoms in total. The van der Waals surface area contributed by atoms with Gasteiger partial charge in [0, 0.05) is 25.9 Å². The molecule has 29 heavy (non-hydrogen) atoms. The van der Waals surface area contributed by atoms with Crippen LogP contribution in [0.2, 0.25) is 0 Å². The Balaban J connectivity index is 1.57. The number of carbonyl (C=O) groups excluding carboxylic acids is 2. The molecule has 1 aromatic heterocycles. The van der Waals surface area contributed by atoms with Crippen LogP contribution in [0.5, 0.6) is 0 Å². The summed E-state index contributed by atoms with van der Waals surface area (Å²) in [5.74, 6) is -0.230. The monoisotopic (exact) mass is 410 g/mol. The van der Waals surface area contributed by atoms with E-state index in [0.717, 1.165) is 25.7 Å². The van der Waals surface area contributed by atoms with Gasteiger partial charge in [-0.25, -0.2) is 13.9 Å². The summed E-state index contributed by atoms with van der Waals surface area (Å²) in [5.41, 5.74) is -1.85. The Morgan fingerprint density at radius 3 is 2.34 bits per heavy atom. The summed E-state index contributed by atoms with van der Waals surface area (Å²) in [7, 11) is 1.41. The smallest absolute Gasteiger partial charge is 0.410 e. The van der Waals surface area contributed by atoms with Gasteiger partial charge in [0.2, 0.25) is 0 Å². The topological polar surface area (TPSA) is 86.5 Å². The number of alkyl halides is 1. The van der Waals surface area contributed by atoms with Crippen LogP contribution in [0.1, 0.15) is 71.0 Å². The lowest BCUT2D eigenvalue weighted by Crippen LogP contribution is -2.45. The van der Waals surface area contributed by atoms with Crippen LogP contribution in [0.3, 0.4) is 0 Å². The van der Waals surface area contributed by atoms with Crippen molar-refractivity contribution >= 4 is 12.1 Å². The molecule has 1 amide bonds. The predicted molar refractivity (Wildman–Crippen MR) is 103 cm³/mol. The van der Waals surface area contributed by atoms with E-state index in [9.17, 15) is 9.59 Å². The van der Waals surface area contributed by atoms with Crippen LogP contribution in [-0.2, 0) is 19.9 Å². The minimum absolute atomic E-state index is 0.0658. The van der Waals surface area contributed by atoms with E-state index in [0.29, 0.717) is 5.69 Å². The van der Waals surface area contributed by atoms with Gasteiger partial charge < -0.3 is 14.4 Å². The molecule has 2 fully saturated rings. The highest BCUT2D eigenvalue weighted by atomic mass is 19.1. The van der Waals surface area contributed by atoms with Crippen molar-refractivity contribution in [3.05, 3.63) is 11.9 Å².